The second kappa shape index (κ2) is 6.81. The van der Waals surface area contributed by atoms with Gasteiger partial charge in [0.05, 0.1) is 12.8 Å². The predicted molar refractivity (Wildman–Crippen MR) is 81.9 cm³/mol. The lowest BCUT2D eigenvalue weighted by Gasteiger charge is -2.07. The van der Waals surface area contributed by atoms with Crippen LogP contribution in [0.5, 0.6) is 0 Å². The maximum absolute atomic E-state index is 11.6. The number of hydrogen-bond donors (Lipinski definition) is 0. The first-order chi connectivity index (χ1) is 10.5. The van der Waals surface area contributed by atoms with Crippen LogP contribution in [0.4, 0.5) is 0 Å². The highest BCUT2D eigenvalue weighted by molar-refractivity contribution is 5.87. The summed E-state index contributed by atoms with van der Waals surface area (Å²) in [6.07, 6.45) is 3.94. The third kappa shape index (κ3) is 3.67. The molecule has 1 atom stereocenters. The summed E-state index contributed by atoms with van der Waals surface area (Å²) in [7, 11) is 0. The van der Waals surface area contributed by atoms with E-state index in [1.54, 1.807) is 12.3 Å². The van der Waals surface area contributed by atoms with E-state index in [4.69, 9.17) is 14.4 Å². The fourth-order valence-electron chi connectivity index (χ4n) is 2.20. The van der Waals surface area contributed by atoms with Gasteiger partial charge in [0.1, 0.15) is 11.8 Å². The second-order valence-corrected chi connectivity index (χ2v) is 5.03. The van der Waals surface area contributed by atoms with Crippen LogP contribution in [0.1, 0.15) is 29.6 Å². The molecule has 5 nitrogen and oxygen atoms in total. The van der Waals surface area contributed by atoms with E-state index in [0.29, 0.717) is 6.54 Å². The Balaban J connectivity index is 2.13. The van der Waals surface area contributed by atoms with E-state index in [9.17, 15) is 4.79 Å². The maximum Gasteiger partial charge on any atom is 0.332 e. The smallest absolute Gasteiger partial charge is 0.332 e. The molecule has 0 aliphatic carbocycles. The van der Waals surface area contributed by atoms with E-state index in [2.05, 4.69) is 4.57 Å². The van der Waals surface area contributed by atoms with Gasteiger partial charge in [-0.1, -0.05) is 0 Å². The number of hydrogen-bond acceptors (Lipinski definition) is 4. The molecular formula is C17H18N2O3. The Morgan fingerprint density at radius 3 is 2.95 bits per heavy atom. The molecule has 0 spiro atoms. The van der Waals surface area contributed by atoms with E-state index in [1.165, 1.54) is 13.0 Å². The van der Waals surface area contributed by atoms with Crippen molar-refractivity contribution in [1.82, 2.24) is 4.57 Å². The number of nitrogens with zero attached hydrogens (tertiary/aromatic N) is 2. The van der Waals surface area contributed by atoms with Crippen molar-refractivity contribution in [3.8, 4) is 6.07 Å². The molecule has 0 saturated heterocycles. The molecule has 0 N–H and O–H groups in total. The highest BCUT2D eigenvalue weighted by atomic mass is 16.5. The molecule has 22 heavy (non-hydrogen) atoms. The van der Waals surface area contributed by atoms with E-state index in [-0.39, 0.29) is 0 Å². The molecular weight excluding hydrogens is 280 g/mol. The van der Waals surface area contributed by atoms with Gasteiger partial charge in [0, 0.05) is 17.5 Å². The van der Waals surface area contributed by atoms with Crippen LogP contribution in [0.3, 0.4) is 0 Å². The molecule has 2 aromatic heterocycles. The molecule has 0 fully saturated rings. The third-order valence-electron chi connectivity index (χ3n) is 3.38. The minimum atomic E-state index is -0.747. The summed E-state index contributed by atoms with van der Waals surface area (Å²) in [5.74, 6) is 0.351. The van der Waals surface area contributed by atoms with Crippen LogP contribution in [0.15, 0.2) is 35.0 Å². The fourth-order valence-corrected chi connectivity index (χ4v) is 2.20. The molecule has 5 heteroatoms. The van der Waals surface area contributed by atoms with Crippen LogP contribution < -0.4 is 0 Å². The number of furan rings is 1. The van der Waals surface area contributed by atoms with Gasteiger partial charge in [-0.2, -0.15) is 5.26 Å². The summed E-state index contributed by atoms with van der Waals surface area (Å²) in [6.45, 7) is 6.16. The Hall–Kier alpha value is -2.74. The van der Waals surface area contributed by atoms with E-state index < -0.39 is 12.1 Å². The van der Waals surface area contributed by atoms with Crippen LogP contribution in [0.25, 0.3) is 6.08 Å². The molecule has 2 rings (SSSR count). The first-order valence-corrected chi connectivity index (χ1v) is 6.98. The summed E-state index contributed by atoms with van der Waals surface area (Å²) in [5, 5.41) is 8.61. The molecule has 114 valence electrons. The highest BCUT2D eigenvalue weighted by Crippen LogP contribution is 2.18. The van der Waals surface area contributed by atoms with Gasteiger partial charge in [-0.25, -0.2) is 4.79 Å². The zero-order valence-corrected chi connectivity index (χ0v) is 12.9. The topological polar surface area (TPSA) is 68.2 Å². The molecule has 2 heterocycles. The average molecular weight is 298 g/mol. The predicted octanol–water partition coefficient (Wildman–Crippen LogP) is 3.21. The average Bonchev–Trinajstić information content (AvgIpc) is 3.09. The number of carbonyl (C=O) groups excluding carboxylic acids is 1. The molecule has 0 saturated carbocycles. The SMILES string of the molecule is Cc1cc(/C=C/C(=O)O[C@H](C)C#N)c(C)n1Cc1ccco1. The van der Waals surface area contributed by atoms with Crippen LogP contribution >= 0.6 is 0 Å². The largest absolute Gasteiger partial charge is 0.467 e. The van der Waals surface area contributed by atoms with Gasteiger partial charge in [0.2, 0.25) is 0 Å². The highest BCUT2D eigenvalue weighted by Gasteiger charge is 2.10. The summed E-state index contributed by atoms with van der Waals surface area (Å²) in [4.78, 5) is 11.6. The van der Waals surface area contributed by atoms with Crippen molar-refractivity contribution in [3.05, 3.63) is 53.2 Å². The van der Waals surface area contributed by atoms with Gasteiger partial charge >= 0.3 is 5.97 Å². The quantitative estimate of drug-likeness (QED) is 0.628. The second-order valence-electron chi connectivity index (χ2n) is 5.03. The van der Waals surface area contributed by atoms with Gasteiger partial charge in [-0.15, -0.1) is 0 Å². The fraction of sp³-hybridized carbons (Fsp3) is 0.294. The minimum Gasteiger partial charge on any atom is -0.467 e. The number of aryl methyl sites for hydroxylation is 1. The van der Waals surface area contributed by atoms with Crippen molar-refractivity contribution in [1.29, 1.82) is 5.26 Å². The van der Waals surface area contributed by atoms with Crippen molar-refractivity contribution in [2.45, 2.75) is 33.4 Å². The Bertz CT molecular complexity index is 718. The van der Waals surface area contributed by atoms with Gasteiger partial charge in [0.25, 0.3) is 0 Å². The third-order valence-corrected chi connectivity index (χ3v) is 3.38. The van der Waals surface area contributed by atoms with Gasteiger partial charge in [0.15, 0.2) is 6.10 Å². The van der Waals surface area contributed by atoms with Crippen molar-refractivity contribution in [2.75, 3.05) is 0 Å². The molecule has 0 amide bonds. The van der Waals surface area contributed by atoms with Crippen molar-refractivity contribution >= 4 is 12.0 Å². The standard InChI is InChI=1S/C17H18N2O3/c1-12-9-15(6-7-17(20)22-13(2)10-18)14(3)19(12)11-16-5-4-8-21-16/h4-9,13H,11H2,1-3H3/b7-6+/t13-/m1/s1. The van der Waals surface area contributed by atoms with Gasteiger partial charge < -0.3 is 13.7 Å². The minimum absolute atomic E-state index is 0.523. The normalized spacial score (nSPS) is 12.3. The summed E-state index contributed by atoms with van der Waals surface area (Å²) < 4.78 is 12.4. The zero-order valence-electron chi connectivity index (χ0n) is 12.9. The van der Waals surface area contributed by atoms with Gasteiger partial charge in [-0.3, -0.25) is 0 Å². The maximum atomic E-state index is 11.6. The van der Waals surface area contributed by atoms with E-state index in [0.717, 1.165) is 22.7 Å². The van der Waals surface area contributed by atoms with Crippen LogP contribution in [-0.4, -0.2) is 16.6 Å². The lowest BCUT2D eigenvalue weighted by Crippen LogP contribution is -2.10. The van der Waals surface area contributed by atoms with E-state index >= 15 is 0 Å². The number of carbonyl (C=O) groups is 1. The van der Waals surface area contributed by atoms with Crippen LogP contribution in [0, 0.1) is 25.2 Å². The monoisotopic (exact) mass is 298 g/mol. The molecule has 0 radical (unpaired) electrons. The molecule has 0 unspecified atom stereocenters. The lowest BCUT2D eigenvalue weighted by molar-refractivity contribution is -0.139. The van der Waals surface area contributed by atoms with Crippen molar-refractivity contribution < 1.29 is 13.9 Å². The Morgan fingerprint density at radius 2 is 2.32 bits per heavy atom. The Morgan fingerprint density at radius 1 is 1.55 bits per heavy atom. The molecule has 2 aromatic rings. The number of ether oxygens (including phenoxy) is 1. The molecule has 0 bridgehead atoms. The summed E-state index contributed by atoms with van der Waals surface area (Å²) >= 11 is 0. The lowest BCUT2D eigenvalue weighted by atomic mass is 10.2. The molecule has 0 aliphatic rings. The summed E-state index contributed by atoms with van der Waals surface area (Å²) in [5.41, 5.74) is 3.05. The number of aromatic nitrogens is 1. The van der Waals surface area contributed by atoms with Gasteiger partial charge in [-0.05, 0) is 50.6 Å². The van der Waals surface area contributed by atoms with Crippen molar-refractivity contribution in [2.24, 2.45) is 0 Å². The number of nitriles is 1. The number of esters is 1. The molecule has 0 aliphatic heterocycles. The number of rotatable bonds is 5. The first kappa shape index (κ1) is 15.6. The summed E-state index contributed by atoms with van der Waals surface area (Å²) in [6, 6.07) is 7.63. The van der Waals surface area contributed by atoms with Crippen molar-refractivity contribution in [3.63, 3.8) is 0 Å². The van der Waals surface area contributed by atoms with Crippen LogP contribution in [0.2, 0.25) is 0 Å². The first-order valence-electron chi connectivity index (χ1n) is 6.98. The zero-order chi connectivity index (χ0) is 16.1. The molecule has 0 aromatic carbocycles. The van der Waals surface area contributed by atoms with E-state index in [1.807, 2.05) is 38.1 Å². The Labute approximate surface area is 129 Å². The van der Waals surface area contributed by atoms with Crippen LogP contribution in [-0.2, 0) is 16.1 Å². The Kier molecular flexibility index (Phi) is 4.84.